The van der Waals surface area contributed by atoms with Crippen LogP contribution in [0.4, 0.5) is 0 Å². The Balaban J connectivity index is 2.91. The number of halogens is 1. The number of nitrogens with zero attached hydrogens (tertiary/aromatic N) is 2. The quantitative estimate of drug-likeness (QED) is 0.432. The maximum absolute atomic E-state index is 5.61. The predicted molar refractivity (Wildman–Crippen MR) is 89.5 cm³/mol. The first-order chi connectivity index (χ1) is 10.2. The Morgan fingerprint density at radius 2 is 2.00 bits per heavy atom. The van der Waals surface area contributed by atoms with Gasteiger partial charge in [0.15, 0.2) is 5.76 Å². The first-order valence-electron chi connectivity index (χ1n) is 7.05. The summed E-state index contributed by atoms with van der Waals surface area (Å²) in [5.41, 5.74) is 0. The molecule has 1 rings (SSSR count). The number of hydrogen-bond acceptors (Lipinski definition) is 4. The van der Waals surface area contributed by atoms with E-state index in [1.807, 2.05) is 18.2 Å². The Hall–Kier alpha value is -1.33. The molecule has 0 radical (unpaired) electrons. The Morgan fingerprint density at radius 3 is 2.52 bits per heavy atom. The van der Waals surface area contributed by atoms with E-state index >= 15 is 0 Å². The highest BCUT2D eigenvalue weighted by Crippen LogP contribution is 2.35. The standard InChI is InChI=1S/C16H23BrN2O2/c1-5-9-12-20-16-14(17)15(21-18-16)13(8-4)19(10-6-2)11-7-3/h6-8,13H,2-5,9-12H2,1H3/t13-/m0/s1. The first kappa shape index (κ1) is 17.7. The Morgan fingerprint density at radius 1 is 1.33 bits per heavy atom. The predicted octanol–water partition coefficient (Wildman–Crippen LogP) is 4.52. The minimum atomic E-state index is -0.119. The van der Waals surface area contributed by atoms with Crippen LogP contribution >= 0.6 is 15.9 Å². The highest BCUT2D eigenvalue weighted by Gasteiger charge is 2.25. The fraction of sp³-hybridized carbons (Fsp3) is 0.438. The van der Waals surface area contributed by atoms with Gasteiger partial charge in [-0.3, -0.25) is 4.90 Å². The van der Waals surface area contributed by atoms with Crippen molar-refractivity contribution in [2.45, 2.75) is 25.8 Å². The third kappa shape index (κ3) is 4.86. The Labute approximate surface area is 135 Å². The fourth-order valence-electron chi connectivity index (χ4n) is 1.92. The molecule has 0 saturated carbocycles. The molecule has 0 aliphatic heterocycles. The lowest BCUT2D eigenvalue weighted by molar-refractivity contribution is 0.227. The van der Waals surface area contributed by atoms with Gasteiger partial charge in [0.05, 0.1) is 12.6 Å². The van der Waals surface area contributed by atoms with Crippen LogP contribution in [0.5, 0.6) is 5.88 Å². The maximum atomic E-state index is 5.61. The van der Waals surface area contributed by atoms with E-state index in [-0.39, 0.29) is 6.04 Å². The number of hydrogen-bond donors (Lipinski definition) is 0. The summed E-state index contributed by atoms with van der Waals surface area (Å²) in [7, 11) is 0. The Bertz CT molecular complexity index is 461. The number of ether oxygens (including phenoxy) is 1. The van der Waals surface area contributed by atoms with Crippen LogP contribution in [0.3, 0.4) is 0 Å². The molecule has 21 heavy (non-hydrogen) atoms. The molecule has 0 fully saturated rings. The Kier molecular flexibility index (Phi) is 8.08. The van der Waals surface area contributed by atoms with Gasteiger partial charge in [-0.25, -0.2) is 0 Å². The summed E-state index contributed by atoms with van der Waals surface area (Å²) >= 11 is 3.51. The highest BCUT2D eigenvalue weighted by atomic mass is 79.9. The van der Waals surface area contributed by atoms with E-state index < -0.39 is 0 Å². The topological polar surface area (TPSA) is 38.5 Å². The van der Waals surface area contributed by atoms with Crippen LogP contribution in [0.1, 0.15) is 31.6 Å². The van der Waals surface area contributed by atoms with Crippen molar-refractivity contribution in [3.63, 3.8) is 0 Å². The summed E-state index contributed by atoms with van der Waals surface area (Å²) < 4.78 is 11.8. The van der Waals surface area contributed by atoms with E-state index in [0.717, 1.165) is 17.3 Å². The van der Waals surface area contributed by atoms with Crippen LogP contribution < -0.4 is 4.74 Å². The molecule has 0 bridgehead atoms. The van der Waals surface area contributed by atoms with E-state index in [0.29, 0.717) is 31.3 Å². The molecular weight excluding hydrogens is 332 g/mol. The van der Waals surface area contributed by atoms with Crippen molar-refractivity contribution in [2.24, 2.45) is 0 Å². The molecule has 0 saturated heterocycles. The SMILES string of the molecule is C=CCN(CC=C)[C@@H](C=C)c1onc(OCCCC)c1Br. The van der Waals surface area contributed by atoms with Crippen molar-refractivity contribution in [3.05, 3.63) is 48.2 Å². The van der Waals surface area contributed by atoms with Gasteiger partial charge < -0.3 is 9.26 Å². The maximum Gasteiger partial charge on any atom is 0.268 e. The molecule has 4 nitrogen and oxygen atoms in total. The number of rotatable bonds is 11. The van der Waals surface area contributed by atoms with Crippen LogP contribution in [0, 0.1) is 0 Å². The van der Waals surface area contributed by atoms with Crippen molar-refractivity contribution in [3.8, 4) is 5.88 Å². The summed E-state index contributed by atoms with van der Waals surface area (Å²) in [5, 5.41) is 3.99. The van der Waals surface area contributed by atoms with Crippen molar-refractivity contribution in [1.29, 1.82) is 0 Å². The van der Waals surface area contributed by atoms with E-state index in [1.54, 1.807) is 0 Å². The average Bonchev–Trinajstić information content (AvgIpc) is 2.83. The average molecular weight is 355 g/mol. The van der Waals surface area contributed by atoms with Gasteiger partial charge in [0, 0.05) is 13.1 Å². The monoisotopic (exact) mass is 354 g/mol. The molecule has 1 aromatic rings. The fourth-order valence-corrected chi connectivity index (χ4v) is 2.41. The summed E-state index contributed by atoms with van der Waals surface area (Å²) in [6.45, 7) is 15.6. The lowest BCUT2D eigenvalue weighted by Crippen LogP contribution is -2.28. The van der Waals surface area contributed by atoms with Crippen molar-refractivity contribution in [1.82, 2.24) is 10.1 Å². The molecule has 0 amide bonds. The molecule has 0 aliphatic rings. The van der Waals surface area contributed by atoms with E-state index in [4.69, 9.17) is 9.26 Å². The van der Waals surface area contributed by atoms with E-state index in [1.165, 1.54) is 0 Å². The van der Waals surface area contributed by atoms with Gasteiger partial charge >= 0.3 is 0 Å². The summed E-state index contributed by atoms with van der Waals surface area (Å²) in [6, 6.07) is -0.119. The van der Waals surface area contributed by atoms with Crippen LogP contribution in [0.25, 0.3) is 0 Å². The van der Waals surface area contributed by atoms with Crippen molar-refractivity contribution < 1.29 is 9.26 Å². The zero-order valence-corrected chi connectivity index (χ0v) is 14.1. The van der Waals surface area contributed by atoms with Gasteiger partial charge in [-0.1, -0.05) is 31.6 Å². The number of unbranched alkanes of at least 4 members (excludes halogenated alkanes) is 1. The second-order valence-corrected chi connectivity index (χ2v) is 5.37. The molecule has 1 atom stereocenters. The van der Waals surface area contributed by atoms with Gasteiger partial charge in [-0.15, -0.1) is 19.7 Å². The molecule has 5 heteroatoms. The second kappa shape index (κ2) is 9.58. The minimum absolute atomic E-state index is 0.119. The smallest absolute Gasteiger partial charge is 0.268 e. The highest BCUT2D eigenvalue weighted by molar-refractivity contribution is 9.10. The molecule has 0 spiro atoms. The van der Waals surface area contributed by atoms with Gasteiger partial charge in [-0.2, -0.15) is 0 Å². The summed E-state index contributed by atoms with van der Waals surface area (Å²) in [4.78, 5) is 2.12. The molecule has 0 unspecified atom stereocenters. The lowest BCUT2D eigenvalue weighted by Gasteiger charge is -2.25. The van der Waals surface area contributed by atoms with E-state index in [2.05, 4.69) is 52.6 Å². The molecule has 1 heterocycles. The molecule has 116 valence electrons. The molecular formula is C16H23BrN2O2. The molecule has 0 aromatic carbocycles. The van der Waals surface area contributed by atoms with Gasteiger partial charge in [0.1, 0.15) is 4.47 Å². The summed E-state index contributed by atoms with van der Waals surface area (Å²) in [6.07, 6.45) is 7.54. The molecule has 0 aliphatic carbocycles. The summed E-state index contributed by atoms with van der Waals surface area (Å²) in [5.74, 6) is 1.17. The lowest BCUT2D eigenvalue weighted by atomic mass is 10.2. The van der Waals surface area contributed by atoms with Gasteiger partial charge in [-0.05, 0) is 27.5 Å². The normalized spacial score (nSPS) is 12.1. The van der Waals surface area contributed by atoms with Crippen LogP contribution in [-0.2, 0) is 0 Å². The van der Waals surface area contributed by atoms with Crippen molar-refractivity contribution in [2.75, 3.05) is 19.7 Å². The largest absolute Gasteiger partial charge is 0.475 e. The third-order valence-electron chi connectivity index (χ3n) is 2.98. The number of aromatic nitrogens is 1. The van der Waals surface area contributed by atoms with Crippen LogP contribution in [0.15, 0.2) is 47.0 Å². The third-order valence-corrected chi connectivity index (χ3v) is 3.71. The second-order valence-electron chi connectivity index (χ2n) is 4.58. The molecule has 0 N–H and O–H groups in total. The van der Waals surface area contributed by atoms with Crippen LogP contribution in [0.2, 0.25) is 0 Å². The van der Waals surface area contributed by atoms with Gasteiger partial charge in [0.25, 0.3) is 5.88 Å². The van der Waals surface area contributed by atoms with Gasteiger partial charge in [0.2, 0.25) is 0 Å². The minimum Gasteiger partial charge on any atom is -0.475 e. The zero-order chi connectivity index (χ0) is 15.7. The van der Waals surface area contributed by atoms with E-state index in [9.17, 15) is 0 Å². The first-order valence-corrected chi connectivity index (χ1v) is 7.85. The molecule has 1 aromatic heterocycles. The van der Waals surface area contributed by atoms with Crippen LogP contribution in [-0.4, -0.2) is 29.8 Å². The van der Waals surface area contributed by atoms with Crippen molar-refractivity contribution >= 4 is 15.9 Å². The zero-order valence-electron chi connectivity index (χ0n) is 12.6.